The van der Waals surface area contributed by atoms with Crippen LogP contribution in [0.2, 0.25) is 0 Å². The molecule has 0 spiro atoms. The van der Waals surface area contributed by atoms with Crippen molar-refractivity contribution in [1.82, 2.24) is 5.32 Å². The third-order valence-corrected chi connectivity index (χ3v) is 1.75. The molecule has 0 bridgehead atoms. The first kappa shape index (κ1) is 9.76. The minimum Gasteiger partial charge on any atom is -0.300 e. The van der Waals surface area contributed by atoms with Gasteiger partial charge in [-0.25, -0.2) is 4.39 Å². The van der Waals surface area contributed by atoms with Gasteiger partial charge in [-0.15, -0.1) is 6.42 Å². The molecule has 0 saturated heterocycles. The molecule has 0 saturated carbocycles. The first-order chi connectivity index (χ1) is 6.22. The highest BCUT2D eigenvalue weighted by Gasteiger charge is 1.97. The summed E-state index contributed by atoms with van der Waals surface area (Å²) in [6.45, 7) is 2.49. The smallest absolute Gasteiger partial charge is 0.123 e. The van der Waals surface area contributed by atoms with Gasteiger partial charge in [0.1, 0.15) is 5.82 Å². The Morgan fingerprint density at radius 2 is 2.38 bits per heavy atom. The molecule has 0 radical (unpaired) electrons. The van der Waals surface area contributed by atoms with E-state index < -0.39 is 0 Å². The number of rotatable bonds is 3. The molecule has 0 amide bonds. The van der Waals surface area contributed by atoms with Crippen LogP contribution in [0.4, 0.5) is 4.39 Å². The predicted molar refractivity (Wildman–Crippen MR) is 51.5 cm³/mol. The summed E-state index contributed by atoms with van der Waals surface area (Å²) in [5.74, 6) is 2.33. The van der Waals surface area contributed by atoms with E-state index in [9.17, 15) is 4.39 Å². The molecule has 1 aromatic rings. The molecule has 2 heteroatoms. The van der Waals surface area contributed by atoms with Gasteiger partial charge >= 0.3 is 0 Å². The van der Waals surface area contributed by atoms with Gasteiger partial charge in [0, 0.05) is 6.54 Å². The summed E-state index contributed by atoms with van der Waals surface area (Å²) in [6.07, 6.45) is 5.18. The lowest BCUT2D eigenvalue weighted by Gasteiger charge is -2.06. The van der Waals surface area contributed by atoms with Gasteiger partial charge in [0.15, 0.2) is 0 Å². The Kier molecular flexibility index (Phi) is 3.48. The summed E-state index contributed by atoms with van der Waals surface area (Å²) in [6, 6.07) is 6.49. The molecule has 0 aromatic heterocycles. The van der Waals surface area contributed by atoms with Gasteiger partial charge in [-0.1, -0.05) is 18.1 Å². The van der Waals surface area contributed by atoms with Gasteiger partial charge < -0.3 is 0 Å². The molecule has 0 aliphatic heterocycles. The van der Waals surface area contributed by atoms with Crippen LogP contribution < -0.4 is 5.32 Å². The molecule has 13 heavy (non-hydrogen) atoms. The lowest BCUT2D eigenvalue weighted by molar-refractivity contribution is 0.614. The zero-order chi connectivity index (χ0) is 9.68. The Morgan fingerprint density at radius 3 is 3.00 bits per heavy atom. The fourth-order valence-corrected chi connectivity index (χ4v) is 0.977. The molecule has 1 unspecified atom stereocenters. The van der Waals surface area contributed by atoms with Crippen molar-refractivity contribution in [3.63, 3.8) is 0 Å². The number of nitrogens with one attached hydrogen (secondary N) is 1. The molecular formula is C11H12FN. The molecule has 0 aliphatic carbocycles. The molecule has 1 nitrogen and oxygen atoms in total. The number of benzene rings is 1. The normalized spacial score (nSPS) is 12.1. The van der Waals surface area contributed by atoms with E-state index in [0.29, 0.717) is 6.54 Å². The Hall–Kier alpha value is -1.33. The Balaban J connectivity index is 2.51. The Morgan fingerprint density at radius 1 is 1.62 bits per heavy atom. The molecule has 1 rings (SSSR count). The molecular weight excluding hydrogens is 165 g/mol. The van der Waals surface area contributed by atoms with Crippen LogP contribution in [-0.2, 0) is 6.54 Å². The first-order valence-electron chi connectivity index (χ1n) is 4.16. The number of hydrogen-bond donors (Lipinski definition) is 1. The van der Waals surface area contributed by atoms with Gasteiger partial charge in [0.05, 0.1) is 6.04 Å². The van der Waals surface area contributed by atoms with E-state index in [1.54, 1.807) is 6.07 Å². The van der Waals surface area contributed by atoms with E-state index in [1.165, 1.54) is 12.1 Å². The average molecular weight is 177 g/mol. The minimum atomic E-state index is -0.215. The van der Waals surface area contributed by atoms with Crippen LogP contribution in [0, 0.1) is 18.2 Å². The molecule has 0 fully saturated rings. The summed E-state index contributed by atoms with van der Waals surface area (Å²) >= 11 is 0. The van der Waals surface area contributed by atoms with Crippen molar-refractivity contribution < 1.29 is 4.39 Å². The maximum Gasteiger partial charge on any atom is 0.123 e. The van der Waals surface area contributed by atoms with Crippen molar-refractivity contribution in [2.45, 2.75) is 19.5 Å². The SMILES string of the molecule is C#CC(C)NCc1cccc(F)c1. The Bertz CT molecular complexity index is 314. The fraction of sp³-hybridized carbons (Fsp3) is 0.273. The molecule has 1 N–H and O–H groups in total. The maximum atomic E-state index is 12.7. The summed E-state index contributed by atoms with van der Waals surface area (Å²) in [4.78, 5) is 0. The summed E-state index contributed by atoms with van der Waals surface area (Å²) in [5, 5.41) is 3.07. The first-order valence-corrected chi connectivity index (χ1v) is 4.16. The highest BCUT2D eigenvalue weighted by Crippen LogP contribution is 2.02. The van der Waals surface area contributed by atoms with Gasteiger partial charge in [-0.3, -0.25) is 5.32 Å². The second-order valence-corrected chi connectivity index (χ2v) is 2.90. The van der Waals surface area contributed by atoms with Crippen LogP contribution >= 0.6 is 0 Å². The minimum absolute atomic E-state index is 0.0169. The maximum absolute atomic E-state index is 12.7. The number of terminal acetylenes is 1. The quantitative estimate of drug-likeness (QED) is 0.696. The highest BCUT2D eigenvalue weighted by atomic mass is 19.1. The second kappa shape index (κ2) is 4.64. The topological polar surface area (TPSA) is 12.0 Å². The highest BCUT2D eigenvalue weighted by molar-refractivity contribution is 5.16. The standard InChI is InChI=1S/C11H12FN/c1-3-9(2)13-8-10-5-4-6-11(12)7-10/h1,4-7,9,13H,8H2,2H3. The van der Waals surface area contributed by atoms with Gasteiger partial charge in [0.2, 0.25) is 0 Å². The van der Waals surface area contributed by atoms with E-state index in [-0.39, 0.29) is 11.9 Å². The van der Waals surface area contributed by atoms with Crippen molar-refractivity contribution in [3.8, 4) is 12.3 Å². The fourth-order valence-electron chi connectivity index (χ4n) is 0.977. The summed E-state index contributed by atoms with van der Waals surface area (Å²) in [7, 11) is 0. The van der Waals surface area contributed by atoms with Crippen molar-refractivity contribution in [2.75, 3.05) is 0 Å². The molecule has 1 atom stereocenters. The van der Waals surface area contributed by atoms with E-state index in [0.717, 1.165) is 5.56 Å². The van der Waals surface area contributed by atoms with Crippen molar-refractivity contribution in [1.29, 1.82) is 0 Å². The van der Waals surface area contributed by atoms with E-state index >= 15 is 0 Å². The third kappa shape index (κ3) is 3.27. The van der Waals surface area contributed by atoms with Crippen LogP contribution in [0.5, 0.6) is 0 Å². The van der Waals surface area contributed by atoms with Crippen LogP contribution in [0.3, 0.4) is 0 Å². The number of hydrogen-bond acceptors (Lipinski definition) is 1. The van der Waals surface area contributed by atoms with Gasteiger partial charge in [-0.05, 0) is 24.6 Å². The molecule has 68 valence electrons. The number of halogens is 1. The largest absolute Gasteiger partial charge is 0.300 e. The predicted octanol–water partition coefficient (Wildman–Crippen LogP) is 1.94. The molecule has 0 aliphatic rings. The van der Waals surface area contributed by atoms with Crippen LogP contribution in [0.25, 0.3) is 0 Å². The van der Waals surface area contributed by atoms with E-state index in [1.807, 2.05) is 13.0 Å². The molecule has 0 heterocycles. The Labute approximate surface area is 78.0 Å². The van der Waals surface area contributed by atoms with E-state index in [2.05, 4.69) is 11.2 Å². The third-order valence-electron chi connectivity index (χ3n) is 1.75. The zero-order valence-corrected chi connectivity index (χ0v) is 7.55. The van der Waals surface area contributed by atoms with Crippen LogP contribution in [0.15, 0.2) is 24.3 Å². The lowest BCUT2D eigenvalue weighted by atomic mass is 10.2. The molecule has 1 aromatic carbocycles. The van der Waals surface area contributed by atoms with Crippen LogP contribution in [0.1, 0.15) is 12.5 Å². The lowest BCUT2D eigenvalue weighted by Crippen LogP contribution is -2.23. The summed E-state index contributed by atoms with van der Waals surface area (Å²) in [5.41, 5.74) is 0.905. The van der Waals surface area contributed by atoms with E-state index in [4.69, 9.17) is 6.42 Å². The monoisotopic (exact) mass is 177 g/mol. The van der Waals surface area contributed by atoms with Crippen molar-refractivity contribution in [2.24, 2.45) is 0 Å². The van der Waals surface area contributed by atoms with Crippen molar-refractivity contribution >= 4 is 0 Å². The van der Waals surface area contributed by atoms with Crippen LogP contribution in [-0.4, -0.2) is 6.04 Å². The van der Waals surface area contributed by atoms with Gasteiger partial charge in [0.25, 0.3) is 0 Å². The van der Waals surface area contributed by atoms with Gasteiger partial charge in [-0.2, -0.15) is 0 Å². The zero-order valence-electron chi connectivity index (χ0n) is 7.55. The second-order valence-electron chi connectivity index (χ2n) is 2.90. The summed E-state index contributed by atoms with van der Waals surface area (Å²) < 4.78 is 12.7. The average Bonchev–Trinajstić information content (AvgIpc) is 2.14. The van der Waals surface area contributed by atoms with Crippen molar-refractivity contribution in [3.05, 3.63) is 35.6 Å².